The van der Waals surface area contributed by atoms with Gasteiger partial charge in [0.2, 0.25) is 0 Å². The van der Waals surface area contributed by atoms with Crippen molar-refractivity contribution >= 4 is 5.82 Å². The Balaban J connectivity index is 2.06. The van der Waals surface area contributed by atoms with Gasteiger partial charge in [0, 0.05) is 31.5 Å². The molecule has 0 atom stereocenters. The summed E-state index contributed by atoms with van der Waals surface area (Å²) in [5.74, 6) is 0.189. The summed E-state index contributed by atoms with van der Waals surface area (Å²) in [7, 11) is 1.77. The van der Waals surface area contributed by atoms with E-state index in [0.29, 0.717) is 6.54 Å². The van der Waals surface area contributed by atoms with E-state index in [0.717, 1.165) is 23.9 Å². The summed E-state index contributed by atoms with van der Waals surface area (Å²) < 4.78 is 39.0. The van der Waals surface area contributed by atoms with Crippen molar-refractivity contribution in [1.29, 1.82) is 0 Å². The Morgan fingerprint density at radius 3 is 2.78 bits per heavy atom. The van der Waals surface area contributed by atoms with Crippen LogP contribution in [-0.2, 0) is 19.8 Å². The molecule has 0 aliphatic rings. The molecule has 1 N–H and O–H groups in total. The standard InChI is InChI=1S/C11H11F3N4/c1-18-7-8(6-17-18)5-16-10-4-9(2-3-15-10)11(12,13)14/h2-4,6-7H,5H2,1H3,(H,15,16). The molecule has 2 aromatic heterocycles. The molecule has 0 aromatic carbocycles. The molecule has 0 saturated heterocycles. The van der Waals surface area contributed by atoms with E-state index in [1.54, 1.807) is 24.1 Å². The summed E-state index contributed by atoms with van der Waals surface area (Å²) in [6.07, 6.45) is 0.198. The van der Waals surface area contributed by atoms with E-state index in [4.69, 9.17) is 0 Å². The highest BCUT2D eigenvalue weighted by Gasteiger charge is 2.30. The summed E-state index contributed by atoms with van der Waals surface area (Å²) in [4.78, 5) is 3.84. The maximum Gasteiger partial charge on any atom is 0.416 e. The van der Waals surface area contributed by atoms with E-state index in [1.165, 1.54) is 0 Å². The second-order valence-electron chi connectivity index (χ2n) is 3.80. The van der Waals surface area contributed by atoms with Crippen LogP contribution in [0.4, 0.5) is 19.0 Å². The second kappa shape index (κ2) is 4.67. The van der Waals surface area contributed by atoms with E-state index in [2.05, 4.69) is 15.4 Å². The molecule has 7 heteroatoms. The normalized spacial score (nSPS) is 11.6. The summed E-state index contributed by atoms with van der Waals surface area (Å²) in [6.45, 7) is 0.377. The van der Waals surface area contributed by atoms with Crippen LogP contribution < -0.4 is 5.32 Å². The maximum absolute atomic E-state index is 12.5. The number of anilines is 1. The van der Waals surface area contributed by atoms with Crippen molar-refractivity contribution in [2.75, 3.05) is 5.32 Å². The zero-order valence-electron chi connectivity index (χ0n) is 9.57. The first-order valence-electron chi connectivity index (χ1n) is 5.20. The molecule has 0 saturated carbocycles. The summed E-state index contributed by atoms with van der Waals surface area (Å²) in [6, 6.07) is 1.92. The van der Waals surface area contributed by atoms with Crippen LogP contribution in [0.1, 0.15) is 11.1 Å². The predicted octanol–water partition coefficient (Wildman–Crippen LogP) is 2.45. The number of nitrogens with one attached hydrogen (secondary N) is 1. The SMILES string of the molecule is Cn1cc(CNc2cc(C(F)(F)F)ccn2)cn1. The van der Waals surface area contributed by atoms with Crippen LogP contribution in [0.5, 0.6) is 0 Å². The third-order valence-electron chi connectivity index (χ3n) is 2.32. The average Bonchev–Trinajstić information content (AvgIpc) is 2.72. The number of pyridine rings is 1. The summed E-state index contributed by atoms with van der Waals surface area (Å²) >= 11 is 0. The molecule has 96 valence electrons. The fourth-order valence-corrected chi connectivity index (χ4v) is 1.46. The Labute approximate surface area is 101 Å². The van der Waals surface area contributed by atoms with Gasteiger partial charge in [-0.25, -0.2) is 4.98 Å². The minimum Gasteiger partial charge on any atom is -0.366 e. The first-order chi connectivity index (χ1) is 8.45. The fraction of sp³-hybridized carbons (Fsp3) is 0.273. The molecule has 0 spiro atoms. The van der Waals surface area contributed by atoms with Crippen LogP contribution in [0, 0.1) is 0 Å². The molecule has 4 nitrogen and oxygen atoms in total. The Morgan fingerprint density at radius 2 is 2.17 bits per heavy atom. The minimum atomic E-state index is -4.35. The lowest BCUT2D eigenvalue weighted by atomic mass is 10.2. The molecule has 18 heavy (non-hydrogen) atoms. The van der Waals surface area contributed by atoms with Gasteiger partial charge in [-0.05, 0) is 12.1 Å². The number of halogens is 3. The highest BCUT2D eigenvalue weighted by molar-refractivity contribution is 5.39. The van der Waals surface area contributed by atoms with Gasteiger partial charge < -0.3 is 5.32 Å². The molecular formula is C11H11F3N4. The Bertz CT molecular complexity index is 533. The smallest absolute Gasteiger partial charge is 0.366 e. The highest BCUT2D eigenvalue weighted by atomic mass is 19.4. The largest absolute Gasteiger partial charge is 0.416 e. The number of aryl methyl sites for hydroxylation is 1. The molecular weight excluding hydrogens is 245 g/mol. The second-order valence-corrected chi connectivity index (χ2v) is 3.80. The van der Waals surface area contributed by atoms with Gasteiger partial charge >= 0.3 is 6.18 Å². The third kappa shape index (κ3) is 2.99. The van der Waals surface area contributed by atoms with Crippen molar-refractivity contribution < 1.29 is 13.2 Å². The zero-order valence-corrected chi connectivity index (χ0v) is 9.57. The van der Waals surface area contributed by atoms with Crippen molar-refractivity contribution in [2.24, 2.45) is 7.05 Å². The lowest BCUT2D eigenvalue weighted by molar-refractivity contribution is -0.137. The van der Waals surface area contributed by atoms with Crippen LogP contribution in [0.3, 0.4) is 0 Å². The van der Waals surface area contributed by atoms with Crippen LogP contribution in [-0.4, -0.2) is 14.8 Å². The maximum atomic E-state index is 12.5. The van der Waals surface area contributed by atoms with Crippen LogP contribution in [0.25, 0.3) is 0 Å². The monoisotopic (exact) mass is 256 g/mol. The molecule has 0 unspecified atom stereocenters. The van der Waals surface area contributed by atoms with Gasteiger partial charge in [-0.3, -0.25) is 4.68 Å². The Kier molecular flexibility index (Phi) is 3.22. The van der Waals surface area contributed by atoms with Gasteiger partial charge in [-0.1, -0.05) is 0 Å². The lowest BCUT2D eigenvalue weighted by Crippen LogP contribution is -2.07. The van der Waals surface area contributed by atoms with E-state index >= 15 is 0 Å². The summed E-state index contributed by atoms with van der Waals surface area (Å²) in [5, 5.41) is 6.78. The molecule has 0 amide bonds. The zero-order chi connectivity index (χ0) is 13.2. The number of alkyl halides is 3. The van der Waals surface area contributed by atoms with Gasteiger partial charge in [-0.2, -0.15) is 18.3 Å². The van der Waals surface area contributed by atoms with E-state index in [1.807, 2.05) is 0 Å². The molecule has 0 aliphatic carbocycles. The van der Waals surface area contributed by atoms with Crippen molar-refractivity contribution in [3.63, 3.8) is 0 Å². The third-order valence-corrected chi connectivity index (χ3v) is 2.32. The van der Waals surface area contributed by atoms with E-state index < -0.39 is 11.7 Å². The van der Waals surface area contributed by atoms with Crippen molar-refractivity contribution in [1.82, 2.24) is 14.8 Å². The van der Waals surface area contributed by atoms with Gasteiger partial charge in [0.15, 0.2) is 0 Å². The Morgan fingerprint density at radius 1 is 1.39 bits per heavy atom. The number of aromatic nitrogens is 3. The molecule has 2 aromatic rings. The Hall–Kier alpha value is -2.05. The minimum absolute atomic E-state index is 0.189. The highest BCUT2D eigenvalue weighted by Crippen LogP contribution is 2.29. The first-order valence-corrected chi connectivity index (χ1v) is 5.20. The van der Waals surface area contributed by atoms with E-state index in [-0.39, 0.29) is 5.82 Å². The lowest BCUT2D eigenvalue weighted by Gasteiger charge is -2.08. The van der Waals surface area contributed by atoms with Gasteiger partial charge in [0.25, 0.3) is 0 Å². The quantitative estimate of drug-likeness (QED) is 0.917. The number of rotatable bonds is 3. The summed E-state index contributed by atoms with van der Waals surface area (Å²) in [5.41, 5.74) is 0.155. The van der Waals surface area contributed by atoms with Crippen molar-refractivity contribution in [3.8, 4) is 0 Å². The van der Waals surface area contributed by atoms with Gasteiger partial charge in [0.1, 0.15) is 5.82 Å². The van der Waals surface area contributed by atoms with Crippen molar-refractivity contribution in [3.05, 3.63) is 41.9 Å². The molecule has 0 fully saturated rings. The van der Waals surface area contributed by atoms with Crippen molar-refractivity contribution in [2.45, 2.75) is 12.7 Å². The number of nitrogens with zero attached hydrogens (tertiary/aromatic N) is 3. The van der Waals surface area contributed by atoms with Gasteiger partial charge in [-0.15, -0.1) is 0 Å². The predicted molar refractivity (Wildman–Crippen MR) is 59.8 cm³/mol. The van der Waals surface area contributed by atoms with Crippen LogP contribution in [0.15, 0.2) is 30.7 Å². The number of hydrogen-bond donors (Lipinski definition) is 1. The number of hydrogen-bond acceptors (Lipinski definition) is 3. The topological polar surface area (TPSA) is 42.7 Å². The van der Waals surface area contributed by atoms with Gasteiger partial charge in [0.05, 0.1) is 11.8 Å². The first kappa shape index (κ1) is 12.4. The molecule has 2 rings (SSSR count). The average molecular weight is 256 g/mol. The van der Waals surface area contributed by atoms with E-state index in [9.17, 15) is 13.2 Å². The molecule has 0 radical (unpaired) electrons. The van der Waals surface area contributed by atoms with Crippen LogP contribution in [0.2, 0.25) is 0 Å². The fourth-order valence-electron chi connectivity index (χ4n) is 1.46. The molecule has 0 aliphatic heterocycles. The molecule has 2 heterocycles. The molecule has 0 bridgehead atoms. The van der Waals surface area contributed by atoms with Crippen LogP contribution >= 0.6 is 0 Å².